The van der Waals surface area contributed by atoms with Gasteiger partial charge < -0.3 is 19.9 Å². The van der Waals surface area contributed by atoms with Gasteiger partial charge in [0.05, 0.1) is 18.6 Å². The van der Waals surface area contributed by atoms with Gasteiger partial charge in [0.1, 0.15) is 5.75 Å². The van der Waals surface area contributed by atoms with Crippen LogP contribution in [0, 0.1) is 0 Å². The zero-order chi connectivity index (χ0) is 17.6. The summed E-state index contributed by atoms with van der Waals surface area (Å²) in [5.41, 5.74) is -0.0561. The minimum atomic E-state index is -2.87. The minimum Gasteiger partial charge on any atom is -0.481 e. The van der Waals surface area contributed by atoms with Crippen LogP contribution >= 0.6 is 0 Å². The largest absolute Gasteiger partial charge is 0.481 e. The molecule has 0 spiro atoms. The minimum absolute atomic E-state index is 0.0571. The van der Waals surface area contributed by atoms with E-state index >= 15 is 0 Å². The Kier molecular flexibility index (Phi) is 6.08. The number of carbonyl (C=O) groups is 2. The molecule has 1 fully saturated rings. The second-order valence-electron chi connectivity index (χ2n) is 5.72. The number of carboxylic acid groups (broad SMARTS) is 1. The van der Waals surface area contributed by atoms with Crippen LogP contribution in [0.15, 0.2) is 24.3 Å². The van der Waals surface area contributed by atoms with Gasteiger partial charge in [0.25, 0.3) is 0 Å². The fraction of sp³-hybridized carbons (Fsp3) is 0.500. The molecule has 1 amide bonds. The second-order valence-corrected chi connectivity index (χ2v) is 5.72. The summed E-state index contributed by atoms with van der Waals surface area (Å²) in [7, 11) is 0. The third kappa shape index (κ3) is 5.45. The average Bonchev–Trinajstić information content (AvgIpc) is 2.93. The van der Waals surface area contributed by atoms with Crippen LogP contribution in [0.2, 0.25) is 0 Å². The maximum absolute atomic E-state index is 12.1. The third-order valence-electron chi connectivity index (χ3n) is 3.79. The van der Waals surface area contributed by atoms with Crippen LogP contribution in [0.1, 0.15) is 24.8 Å². The van der Waals surface area contributed by atoms with E-state index in [0.29, 0.717) is 19.4 Å². The van der Waals surface area contributed by atoms with Gasteiger partial charge in [-0.3, -0.25) is 9.59 Å². The first-order valence-corrected chi connectivity index (χ1v) is 7.53. The molecule has 1 heterocycles. The van der Waals surface area contributed by atoms with Gasteiger partial charge in [-0.15, -0.1) is 0 Å². The molecule has 24 heavy (non-hydrogen) atoms. The standard InChI is InChI=1S/C16H19F2NO5/c17-15(18)24-12-4-1-11(2-5-12)3-6-13(20)19-16(9-14(21)22)7-8-23-10-16/h1-2,4-5,15H,3,6-10H2,(H,19,20)(H,21,22). The first-order chi connectivity index (χ1) is 11.4. The summed E-state index contributed by atoms with van der Waals surface area (Å²) in [5, 5.41) is 11.7. The van der Waals surface area contributed by atoms with Crippen molar-refractivity contribution in [3.63, 3.8) is 0 Å². The Bertz CT molecular complexity index is 570. The smallest absolute Gasteiger partial charge is 0.387 e. The molecule has 1 atom stereocenters. The van der Waals surface area contributed by atoms with E-state index in [9.17, 15) is 18.4 Å². The summed E-state index contributed by atoms with van der Waals surface area (Å²) in [4.78, 5) is 23.0. The number of rotatable bonds is 8. The number of halogens is 2. The van der Waals surface area contributed by atoms with Crippen molar-refractivity contribution in [2.75, 3.05) is 13.2 Å². The summed E-state index contributed by atoms with van der Waals surface area (Å²) < 4.78 is 33.6. The number of hydrogen-bond donors (Lipinski definition) is 2. The Hall–Kier alpha value is -2.22. The topological polar surface area (TPSA) is 84.9 Å². The fourth-order valence-electron chi connectivity index (χ4n) is 2.63. The van der Waals surface area contributed by atoms with E-state index in [4.69, 9.17) is 9.84 Å². The number of nitrogens with one attached hydrogen (secondary N) is 1. The van der Waals surface area contributed by atoms with Crippen LogP contribution in [-0.4, -0.2) is 42.3 Å². The highest BCUT2D eigenvalue weighted by Crippen LogP contribution is 2.23. The normalized spacial score (nSPS) is 20.1. The van der Waals surface area contributed by atoms with E-state index in [1.807, 2.05) is 0 Å². The van der Waals surface area contributed by atoms with Crippen molar-refractivity contribution in [2.45, 2.75) is 37.8 Å². The molecule has 1 aromatic rings. The summed E-state index contributed by atoms with van der Waals surface area (Å²) >= 11 is 0. The average molecular weight is 343 g/mol. The number of carbonyl (C=O) groups excluding carboxylic acids is 1. The number of aliphatic carboxylic acids is 1. The summed E-state index contributed by atoms with van der Waals surface area (Å²) in [6, 6.07) is 6.04. The first-order valence-electron chi connectivity index (χ1n) is 7.53. The first kappa shape index (κ1) is 18.1. The Labute approximate surface area is 137 Å². The number of ether oxygens (including phenoxy) is 2. The molecule has 0 aromatic heterocycles. The molecule has 1 aromatic carbocycles. The van der Waals surface area contributed by atoms with Crippen molar-refractivity contribution in [3.8, 4) is 5.75 Å². The lowest BCUT2D eigenvalue weighted by atomic mass is 9.94. The van der Waals surface area contributed by atoms with Crippen LogP contribution in [0.3, 0.4) is 0 Å². The predicted octanol–water partition coefficient (Wildman–Crippen LogP) is 1.97. The molecule has 2 N–H and O–H groups in total. The summed E-state index contributed by atoms with van der Waals surface area (Å²) in [6.07, 6.45) is 0.852. The molecule has 6 nitrogen and oxygen atoms in total. The lowest BCUT2D eigenvalue weighted by Gasteiger charge is -2.27. The van der Waals surface area contributed by atoms with Crippen molar-refractivity contribution in [2.24, 2.45) is 0 Å². The van der Waals surface area contributed by atoms with Crippen LogP contribution in [0.25, 0.3) is 0 Å². The van der Waals surface area contributed by atoms with Crippen molar-refractivity contribution >= 4 is 11.9 Å². The quantitative estimate of drug-likeness (QED) is 0.754. The Morgan fingerprint density at radius 1 is 1.33 bits per heavy atom. The lowest BCUT2D eigenvalue weighted by Crippen LogP contribution is -2.50. The van der Waals surface area contributed by atoms with Gasteiger partial charge in [-0.25, -0.2) is 0 Å². The van der Waals surface area contributed by atoms with Crippen molar-refractivity contribution in [1.29, 1.82) is 0 Å². The highest BCUT2D eigenvalue weighted by molar-refractivity contribution is 5.78. The van der Waals surface area contributed by atoms with Gasteiger partial charge in [0.2, 0.25) is 5.91 Å². The highest BCUT2D eigenvalue weighted by Gasteiger charge is 2.38. The van der Waals surface area contributed by atoms with E-state index < -0.39 is 18.1 Å². The van der Waals surface area contributed by atoms with E-state index in [-0.39, 0.29) is 31.1 Å². The molecular formula is C16H19F2NO5. The van der Waals surface area contributed by atoms with Crippen LogP contribution in [0.4, 0.5) is 8.78 Å². The van der Waals surface area contributed by atoms with E-state index in [0.717, 1.165) is 5.56 Å². The SMILES string of the molecule is O=C(O)CC1(NC(=O)CCc2ccc(OC(F)F)cc2)CCOC1. The Morgan fingerprint density at radius 2 is 2.04 bits per heavy atom. The third-order valence-corrected chi connectivity index (χ3v) is 3.79. The number of alkyl halides is 2. The second kappa shape index (κ2) is 8.05. The summed E-state index contributed by atoms with van der Waals surface area (Å²) in [6.45, 7) is -2.27. The lowest BCUT2D eigenvalue weighted by molar-refractivity contribution is -0.139. The molecule has 0 bridgehead atoms. The molecule has 132 valence electrons. The molecule has 0 radical (unpaired) electrons. The van der Waals surface area contributed by atoms with Crippen molar-refractivity contribution in [3.05, 3.63) is 29.8 Å². The molecule has 1 aliphatic heterocycles. The van der Waals surface area contributed by atoms with Gasteiger partial charge in [-0.2, -0.15) is 8.78 Å². The van der Waals surface area contributed by atoms with Gasteiger partial charge in [0.15, 0.2) is 0 Å². The number of hydrogen-bond acceptors (Lipinski definition) is 4. The number of carboxylic acids is 1. The molecule has 2 rings (SSSR count). The van der Waals surface area contributed by atoms with Crippen LogP contribution < -0.4 is 10.1 Å². The Balaban J connectivity index is 1.85. The Morgan fingerprint density at radius 3 is 2.58 bits per heavy atom. The van der Waals surface area contributed by atoms with Gasteiger partial charge in [-0.1, -0.05) is 12.1 Å². The van der Waals surface area contributed by atoms with Crippen LogP contribution in [-0.2, 0) is 20.7 Å². The number of amides is 1. The zero-order valence-corrected chi connectivity index (χ0v) is 13.0. The molecule has 1 unspecified atom stereocenters. The highest BCUT2D eigenvalue weighted by atomic mass is 19.3. The zero-order valence-electron chi connectivity index (χ0n) is 13.0. The summed E-state index contributed by atoms with van der Waals surface area (Å²) in [5.74, 6) is -1.20. The van der Waals surface area contributed by atoms with E-state index in [2.05, 4.69) is 10.1 Å². The maximum Gasteiger partial charge on any atom is 0.387 e. The van der Waals surface area contributed by atoms with Gasteiger partial charge in [0, 0.05) is 13.0 Å². The predicted molar refractivity (Wildman–Crippen MR) is 80.0 cm³/mol. The molecule has 1 saturated heterocycles. The monoisotopic (exact) mass is 343 g/mol. The van der Waals surface area contributed by atoms with Crippen molar-refractivity contribution < 1.29 is 33.0 Å². The van der Waals surface area contributed by atoms with E-state index in [1.165, 1.54) is 12.1 Å². The molecular weight excluding hydrogens is 324 g/mol. The number of benzene rings is 1. The van der Waals surface area contributed by atoms with E-state index in [1.54, 1.807) is 12.1 Å². The number of aryl methyl sites for hydroxylation is 1. The molecule has 8 heteroatoms. The van der Waals surface area contributed by atoms with Crippen molar-refractivity contribution in [1.82, 2.24) is 5.32 Å². The fourth-order valence-corrected chi connectivity index (χ4v) is 2.63. The van der Waals surface area contributed by atoms with Gasteiger partial charge >= 0.3 is 12.6 Å². The van der Waals surface area contributed by atoms with Crippen LogP contribution in [0.5, 0.6) is 5.75 Å². The molecule has 0 aliphatic carbocycles. The molecule has 1 aliphatic rings. The molecule has 0 saturated carbocycles. The van der Waals surface area contributed by atoms with Gasteiger partial charge in [-0.05, 0) is 30.5 Å². The maximum atomic E-state index is 12.1.